The molecule has 1 aliphatic rings. The van der Waals surface area contributed by atoms with Crippen LogP contribution in [0.5, 0.6) is 0 Å². The van der Waals surface area contributed by atoms with Crippen LogP contribution in [0.1, 0.15) is 12.0 Å². The summed E-state index contributed by atoms with van der Waals surface area (Å²) in [6.45, 7) is 0. The highest BCUT2D eigenvalue weighted by Crippen LogP contribution is 2.35. The molecule has 1 aliphatic heterocycles. The number of alkyl halides is 3. The lowest BCUT2D eigenvalue weighted by atomic mass is 10.1. The number of carbonyl (C=O) groups is 2. The summed E-state index contributed by atoms with van der Waals surface area (Å²) < 4.78 is 39.1. The second kappa shape index (κ2) is 8.05. The fourth-order valence-corrected chi connectivity index (χ4v) is 3.77. The third kappa shape index (κ3) is 4.53. The Kier molecular flexibility index (Phi) is 5.73. The Balaban J connectivity index is 1.70. The second-order valence-corrected chi connectivity index (χ2v) is 7.20. The van der Waals surface area contributed by atoms with E-state index in [4.69, 9.17) is 0 Å². The van der Waals surface area contributed by atoms with Gasteiger partial charge in [0, 0.05) is 13.5 Å². The minimum absolute atomic E-state index is 0.256. The molecule has 0 unspecified atom stereocenters. The quantitative estimate of drug-likeness (QED) is 0.822. The number of rotatable bonds is 4. The lowest BCUT2D eigenvalue weighted by Crippen LogP contribution is -2.30. The summed E-state index contributed by atoms with van der Waals surface area (Å²) in [5.74, 6) is -0.990. The van der Waals surface area contributed by atoms with Crippen LogP contribution >= 0.6 is 11.8 Å². The smallest absolute Gasteiger partial charge is 0.325 e. The van der Waals surface area contributed by atoms with Gasteiger partial charge in [0.15, 0.2) is 5.17 Å². The lowest BCUT2D eigenvalue weighted by molar-refractivity contribution is -0.137. The number of hydrogen-bond acceptors (Lipinski definition) is 4. The van der Waals surface area contributed by atoms with E-state index in [0.717, 1.165) is 17.8 Å². The van der Waals surface area contributed by atoms with Gasteiger partial charge in [-0.3, -0.25) is 14.5 Å². The molecule has 2 aromatic rings. The average Bonchev–Trinajstić information content (AvgIpc) is 2.90. The third-order valence-electron chi connectivity index (χ3n) is 4.00. The van der Waals surface area contributed by atoms with E-state index in [1.807, 2.05) is 18.2 Å². The van der Waals surface area contributed by atoms with Crippen molar-refractivity contribution in [3.63, 3.8) is 0 Å². The molecule has 1 heterocycles. The number of amides is 2. The summed E-state index contributed by atoms with van der Waals surface area (Å²) in [7, 11) is 1.55. The molecular weight excluding hydrogens is 391 g/mol. The first-order chi connectivity index (χ1) is 13.3. The van der Waals surface area contributed by atoms with Crippen LogP contribution < -0.4 is 5.32 Å². The summed E-state index contributed by atoms with van der Waals surface area (Å²) in [4.78, 5) is 30.4. The van der Waals surface area contributed by atoms with Crippen LogP contribution in [0.2, 0.25) is 0 Å². The first-order valence-electron chi connectivity index (χ1n) is 8.30. The first kappa shape index (κ1) is 19.9. The maximum atomic E-state index is 13.0. The van der Waals surface area contributed by atoms with Crippen molar-refractivity contribution >= 4 is 40.1 Å². The van der Waals surface area contributed by atoms with Crippen molar-refractivity contribution < 1.29 is 22.8 Å². The molecule has 0 radical (unpaired) electrons. The van der Waals surface area contributed by atoms with Crippen molar-refractivity contribution in [3.8, 4) is 0 Å². The number of nitrogens with one attached hydrogen (secondary N) is 1. The second-order valence-electron chi connectivity index (χ2n) is 6.03. The molecule has 0 aliphatic carbocycles. The van der Waals surface area contributed by atoms with Crippen molar-refractivity contribution in [2.45, 2.75) is 17.8 Å². The molecule has 9 heteroatoms. The predicted octanol–water partition coefficient (Wildman–Crippen LogP) is 4.30. The van der Waals surface area contributed by atoms with E-state index in [-0.39, 0.29) is 18.0 Å². The molecule has 1 fully saturated rings. The summed E-state index contributed by atoms with van der Waals surface area (Å²) in [5, 5.41) is 1.95. The van der Waals surface area contributed by atoms with Gasteiger partial charge in [0.25, 0.3) is 0 Å². The van der Waals surface area contributed by atoms with Gasteiger partial charge in [0.1, 0.15) is 5.25 Å². The van der Waals surface area contributed by atoms with E-state index in [9.17, 15) is 22.8 Å². The van der Waals surface area contributed by atoms with Crippen LogP contribution in [0.25, 0.3) is 0 Å². The predicted molar refractivity (Wildman–Crippen MR) is 102 cm³/mol. The van der Waals surface area contributed by atoms with E-state index >= 15 is 0 Å². The number of amidine groups is 1. The Labute approximate surface area is 163 Å². The van der Waals surface area contributed by atoms with Crippen LogP contribution in [0, 0.1) is 0 Å². The fourth-order valence-electron chi connectivity index (χ4n) is 2.62. The van der Waals surface area contributed by atoms with Gasteiger partial charge in [-0.05, 0) is 24.3 Å². The minimum atomic E-state index is -4.59. The molecule has 28 heavy (non-hydrogen) atoms. The Bertz CT molecular complexity index is 916. The molecule has 0 spiro atoms. The zero-order valence-corrected chi connectivity index (χ0v) is 15.6. The number of hydrogen-bond donors (Lipinski definition) is 1. The molecule has 5 nitrogen and oxygen atoms in total. The van der Waals surface area contributed by atoms with Crippen LogP contribution in [-0.4, -0.2) is 34.2 Å². The number of benzene rings is 2. The Morgan fingerprint density at radius 1 is 1.14 bits per heavy atom. The minimum Gasteiger partial charge on any atom is -0.325 e. The molecule has 0 aromatic heterocycles. The van der Waals surface area contributed by atoms with Crippen LogP contribution in [-0.2, 0) is 15.8 Å². The summed E-state index contributed by atoms with van der Waals surface area (Å²) in [6.07, 6.45) is -4.84. The van der Waals surface area contributed by atoms with Crippen molar-refractivity contribution in [2.75, 3.05) is 12.4 Å². The summed E-state index contributed by atoms with van der Waals surface area (Å²) >= 11 is 1.11. The topological polar surface area (TPSA) is 61.8 Å². The van der Waals surface area contributed by atoms with Crippen molar-refractivity contribution in [1.82, 2.24) is 4.90 Å². The Morgan fingerprint density at radius 2 is 1.79 bits per heavy atom. The molecule has 1 N–H and O–H groups in total. The van der Waals surface area contributed by atoms with Crippen LogP contribution in [0.4, 0.5) is 24.5 Å². The zero-order chi connectivity index (χ0) is 20.3. The highest BCUT2D eigenvalue weighted by Gasteiger charge is 2.38. The standard InChI is InChI=1S/C19H16F3N3O2S/c1-25-17(27)15(28-18(25)23-12-7-3-2-4-8-12)11-16(26)24-14-10-6-5-9-13(14)19(20,21)22/h2-10,15H,11H2,1H3,(H,24,26)/t15-/m0/s1. The number of para-hydroxylation sites is 2. The van der Waals surface area contributed by atoms with Crippen molar-refractivity contribution in [3.05, 3.63) is 60.2 Å². The van der Waals surface area contributed by atoms with E-state index in [2.05, 4.69) is 10.3 Å². The van der Waals surface area contributed by atoms with Gasteiger partial charge in [-0.1, -0.05) is 42.1 Å². The largest absolute Gasteiger partial charge is 0.418 e. The van der Waals surface area contributed by atoms with Gasteiger partial charge in [-0.15, -0.1) is 0 Å². The van der Waals surface area contributed by atoms with E-state index in [0.29, 0.717) is 10.9 Å². The molecule has 146 valence electrons. The number of halogens is 3. The van der Waals surface area contributed by atoms with Crippen LogP contribution in [0.3, 0.4) is 0 Å². The monoisotopic (exact) mass is 407 g/mol. The zero-order valence-electron chi connectivity index (χ0n) is 14.7. The van der Waals surface area contributed by atoms with E-state index in [1.165, 1.54) is 23.1 Å². The van der Waals surface area contributed by atoms with Gasteiger partial charge in [-0.2, -0.15) is 13.2 Å². The number of carbonyl (C=O) groups excluding carboxylic acids is 2. The van der Waals surface area contributed by atoms with Crippen molar-refractivity contribution in [2.24, 2.45) is 4.99 Å². The maximum Gasteiger partial charge on any atom is 0.418 e. The van der Waals surface area contributed by atoms with Crippen molar-refractivity contribution in [1.29, 1.82) is 0 Å². The fraction of sp³-hybridized carbons (Fsp3) is 0.211. The van der Waals surface area contributed by atoms with Gasteiger partial charge in [0.2, 0.25) is 11.8 Å². The van der Waals surface area contributed by atoms with E-state index in [1.54, 1.807) is 19.2 Å². The van der Waals surface area contributed by atoms with Gasteiger partial charge in [0.05, 0.1) is 16.9 Å². The van der Waals surface area contributed by atoms with Gasteiger partial charge in [-0.25, -0.2) is 4.99 Å². The molecule has 3 rings (SSSR count). The summed E-state index contributed by atoms with van der Waals surface area (Å²) in [6, 6.07) is 13.7. The number of thioether (sulfide) groups is 1. The molecular formula is C19H16F3N3O2S. The molecule has 2 aromatic carbocycles. The molecule has 1 atom stereocenters. The normalized spacial score (nSPS) is 18.6. The summed E-state index contributed by atoms with van der Waals surface area (Å²) in [5.41, 5.74) is -0.604. The van der Waals surface area contributed by atoms with Gasteiger partial charge < -0.3 is 5.32 Å². The highest BCUT2D eigenvalue weighted by molar-refractivity contribution is 8.15. The molecule has 0 saturated carbocycles. The van der Waals surface area contributed by atoms with Crippen LogP contribution in [0.15, 0.2) is 59.6 Å². The first-order valence-corrected chi connectivity index (χ1v) is 9.17. The Hall–Kier alpha value is -2.81. The average molecular weight is 407 g/mol. The maximum absolute atomic E-state index is 13.0. The molecule has 1 saturated heterocycles. The Morgan fingerprint density at radius 3 is 2.46 bits per heavy atom. The number of aliphatic imine (C=N–C) groups is 1. The number of anilines is 1. The van der Waals surface area contributed by atoms with Gasteiger partial charge >= 0.3 is 6.18 Å². The number of nitrogens with zero attached hydrogens (tertiary/aromatic N) is 2. The third-order valence-corrected chi connectivity index (χ3v) is 5.23. The SMILES string of the molecule is CN1C(=O)[C@H](CC(=O)Nc2ccccc2C(F)(F)F)SC1=Nc1ccccc1. The molecule has 2 amide bonds. The van der Waals surface area contributed by atoms with E-state index < -0.39 is 22.9 Å². The molecule has 0 bridgehead atoms. The lowest BCUT2D eigenvalue weighted by Gasteiger charge is -2.14. The highest BCUT2D eigenvalue weighted by atomic mass is 32.2.